The molecular formula is C20H32O5S3. The molecule has 4 aliphatic heterocycles. The first-order valence-corrected chi connectivity index (χ1v) is 13.1. The quantitative estimate of drug-likeness (QED) is 0.331. The van der Waals surface area contributed by atoms with Crippen molar-refractivity contribution in [3.8, 4) is 0 Å². The van der Waals surface area contributed by atoms with Crippen LogP contribution in [0.3, 0.4) is 0 Å². The Kier molecular flexibility index (Phi) is 6.59. The third kappa shape index (κ3) is 3.76. The van der Waals surface area contributed by atoms with Gasteiger partial charge in [0, 0.05) is 12.3 Å². The van der Waals surface area contributed by atoms with Gasteiger partial charge in [-0.05, 0) is 74.6 Å². The summed E-state index contributed by atoms with van der Waals surface area (Å²) in [6.45, 7) is 7.30. The van der Waals surface area contributed by atoms with Gasteiger partial charge >= 0.3 is 0 Å². The monoisotopic (exact) mass is 448 g/mol. The van der Waals surface area contributed by atoms with E-state index in [4.69, 9.17) is 36.2 Å². The van der Waals surface area contributed by atoms with Gasteiger partial charge < -0.3 is 14.2 Å². The van der Waals surface area contributed by atoms with Gasteiger partial charge in [0.1, 0.15) is 5.44 Å². The summed E-state index contributed by atoms with van der Waals surface area (Å²) >= 11 is 8.43. The molecule has 5 aliphatic rings. The van der Waals surface area contributed by atoms with E-state index in [0.717, 1.165) is 31.4 Å². The number of rotatable bonds is 5. The Balaban J connectivity index is 1.45. The van der Waals surface area contributed by atoms with E-state index in [1.807, 2.05) is 24.9 Å². The van der Waals surface area contributed by atoms with Crippen LogP contribution in [-0.4, -0.2) is 46.1 Å². The number of thioether (sulfide) groups is 2. The van der Waals surface area contributed by atoms with Crippen LogP contribution in [0.4, 0.5) is 0 Å². The smallest absolute Gasteiger partial charge is 0.219 e. The number of hydrogen-bond donors (Lipinski definition) is 0. The molecule has 1 spiro atoms. The highest BCUT2D eigenvalue weighted by Crippen LogP contribution is 2.61. The van der Waals surface area contributed by atoms with E-state index in [2.05, 4.69) is 13.8 Å². The zero-order valence-electron chi connectivity index (χ0n) is 17.2. The molecule has 0 aromatic carbocycles. The van der Waals surface area contributed by atoms with E-state index in [1.54, 1.807) is 0 Å². The van der Waals surface area contributed by atoms with Crippen molar-refractivity contribution in [2.24, 2.45) is 23.7 Å². The van der Waals surface area contributed by atoms with Gasteiger partial charge in [0.2, 0.25) is 10.2 Å². The maximum absolute atomic E-state index is 6.57. The molecule has 0 unspecified atom stereocenters. The largest absolute Gasteiger partial charge is 0.479 e. The Bertz CT molecular complexity index is 592. The molecule has 160 valence electrons. The second-order valence-corrected chi connectivity index (χ2v) is 11.4. The summed E-state index contributed by atoms with van der Waals surface area (Å²) in [5.41, 5.74) is -0.355. The van der Waals surface area contributed by atoms with Gasteiger partial charge in [0.15, 0.2) is 11.9 Å². The summed E-state index contributed by atoms with van der Waals surface area (Å²) in [5.74, 6) is 2.09. The summed E-state index contributed by atoms with van der Waals surface area (Å²) in [5, 5.41) is 0. The van der Waals surface area contributed by atoms with Crippen LogP contribution in [0.25, 0.3) is 0 Å². The number of thiocarbonyl (C=S) groups is 1. The molecule has 4 heterocycles. The molecule has 5 rings (SSSR count). The van der Waals surface area contributed by atoms with Gasteiger partial charge in [-0.3, -0.25) is 0 Å². The zero-order valence-corrected chi connectivity index (χ0v) is 19.6. The predicted molar refractivity (Wildman–Crippen MR) is 116 cm³/mol. The highest BCUT2D eigenvalue weighted by molar-refractivity contribution is 8.22. The summed E-state index contributed by atoms with van der Waals surface area (Å²) in [6.07, 6.45) is 6.86. The molecule has 5 fully saturated rings. The van der Waals surface area contributed by atoms with E-state index in [9.17, 15) is 0 Å². The normalized spacial score (nSPS) is 47.3. The number of ether oxygens (including phenoxy) is 3. The third-order valence-corrected chi connectivity index (χ3v) is 9.52. The SMILES string of the molecule is CSC(=S)OCCCS[C@@H]1O[C@@H]2O[C@@]3(C)CC[C@H]4[C@H](C)CC[C@@H]([C@H]1C)[C@@]24OO3. The molecule has 8 atom stereocenters. The summed E-state index contributed by atoms with van der Waals surface area (Å²) in [4.78, 5) is 12.1. The number of hydrogen-bond acceptors (Lipinski definition) is 8. The summed E-state index contributed by atoms with van der Waals surface area (Å²) in [6, 6.07) is 0. The van der Waals surface area contributed by atoms with Gasteiger partial charge in [-0.2, -0.15) is 0 Å². The van der Waals surface area contributed by atoms with Crippen molar-refractivity contribution >= 4 is 40.1 Å². The topological polar surface area (TPSA) is 46.2 Å². The molecular weight excluding hydrogens is 416 g/mol. The van der Waals surface area contributed by atoms with Gasteiger partial charge in [0.25, 0.3) is 0 Å². The van der Waals surface area contributed by atoms with Crippen molar-refractivity contribution in [2.45, 2.75) is 76.0 Å². The number of fused-ring (bicyclic) bond motifs is 2. The molecule has 2 bridgehead atoms. The molecule has 0 aromatic rings. The van der Waals surface area contributed by atoms with Gasteiger partial charge in [-0.25, -0.2) is 9.78 Å². The molecule has 1 saturated carbocycles. The van der Waals surface area contributed by atoms with Crippen LogP contribution in [0, 0.1) is 23.7 Å². The average Bonchev–Trinajstić information content (AvgIpc) is 2.91. The fourth-order valence-corrected chi connectivity index (χ4v) is 7.01. The van der Waals surface area contributed by atoms with Crippen molar-refractivity contribution in [3.05, 3.63) is 0 Å². The molecule has 1 aliphatic carbocycles. The minimum absolute atomic E-state index is 0.105. The minimum Gasteiger partial charge on any atom is -0.479 e. The second kappa shape index (κ2) is 8.52. The lowest BCUT2D eigenvalue weighted by atomic mass is 9.58. The first-order valence-electron chi connectivity index (χ1n) is 10.4. The molecule has 0 N–H and O–H groups in total. The Hall–Kier alpha value is 0.430. The van der Waals surface area contributed by atoms with Crippen LogP contribution in [0.5, 0.6) is 0 Å². The molecule has 0 aromatic heterocycles. The maximum atomic E-state index is 6.57. The Morgan fingerprint density at radius 3 is 2.79 bits per heavy atom. The average molecular weight is 449 g/mol. The Labute approximate surface area is 182 Å². The van der Waals surface area contributed by atoms with Crippen LogP contribution in [-0.2, 0) is 24.0 Å². The van der Waals surface area contributed by atoms with Crippen LogP contribution in [0.15, 0.2) is 0 Å². The van der Waals surface area contributed by atoms with Gasteiger partial charge in [-0.1, -0.05) is 25.6 Å². The second-order valence-electron chi connectivity index (χ2n) is 8.80. The fraction of sp³-hybridized carbons (Fsp3) is 0.950. The van der Waals surface area contributed by atoms with Crippen LogP contribution < -0.4 is 0 Å². The predicted octanol–water partition coefficient (Wildman–Crippen LogP) is 4.98. The summed E-state index contributed by atoms with van der Waals surface area (Å²) < 4.78 is 19.1. The third-order valence-electron chi connectivity index (χ3n) is 7.05. The zero-order chi connectivity index (χ0) is 19.9. The first kappa shape index (κ1) is 21.7. The first-order chi connectivity index (χ1) is 13.4. The van der Waals surface area contributed by atoms with E-state index in [0.29, 0.717) is 34.7 Å². The molecule has 4 saturated heterocycles. The highest BCUT2D eigenvalue weighted by Gasteiger charge is 2.69. The highest BCUT2D eigenvalue weighted by atomic mass is 32.2. The van der Waals surface area contributed by atoms with E-state index < -0.39 is 11.4 Å². The Morgan fingerprint density at radius 1 is 1.18 bits per heavy atom. The lowest BCUT2D eigenvalue weighted by molar-refractivity contribution is -0.568. The van der Waals surface area contributed by atoms with E-state index in [1.165, 1.54) is 18.2 Å². The van der Waals surface area contributed by atoms with Crippen molar-refractivity contribution in [3.63, 3.8) is 0 Å². The van der Waals surface area contributed by atoms with Crippen molar-refractivity contribution in [1.82, 2.24) is 0 Å². The van der Waals surface area contributed by atoms with Crippen LogP contribution >= 0.6 is 35.7 Å². The molecule has 0 radical (unpaired) electrons. The standard InChI is InChI=1S/C20H32O5S3/c1-12-6-7-15-13(2)16(28-11-5-10-21-18(26)27-4)22-17-20(15)14(12)8-9-19(3,23-17)24-25-20/h12-17H,5-11H2,1-4H3/t12-,13-,14+,15+,16+,17-,19-,20-/m1/s1. The van der Waals surface area contributed by atoms with Crippen LogP contribution in [0.2, 0.25) is 0 Å². The van der Waals surface area contributed by atoms with Gasteiger partial charge in [-0.15, -0.1) is 11.8 Å². The Morgan fingerprint density at radius 2 is 2.00 bits per heavy atom. The fourth-order valence-electron chi connectivity index (χ4n) is 5.54. The van der Waals surface area contributed by atoms with Crippen molar-refractivity contribution in [1.29, 1.82) is 0 Å². The van der Waals surface area contributed by atoms with Crippen molar-refractivity contribution in [2.75, 3.05) is 18.6 Å². The lowest BCUT2D eigenvalue weighted by Gasteiger charge is -2.60. The molecule has 5 nitrogen and oxygen atoms in total. The van der Waals surface area contributed by atoms with Crippen LogP contribution in [0.1, 0.15) is 52.9 Å². The van der Waals surface area contributed by atoms with E-state index >= 15 is 0 Å². The molecule has 28 heavy (non-hydrogen) atoms. The van der Waals surface area contributed by atoms with Gasteiger partial charge in [0.05, 0.1) is 6.61 Å². The molecule has 0 amide bonds. The summed E-state index contributed by atoms with van der Waals surface area (Å²) in [7, 11) is 0. The minimum atomic E-state index is -0.700. The van der Waals surface area contributed by atoms with E-state index in [-0.39, 0.29) is 11.7 Å². The lowest BCUT2D eigenvalue weighted by Crippen LogP contribution is -2.70. The molecule has 8 heteroatoms. The maximum Gasteiger partial charge on any atom is 0.219 e. The van der Waals surface area contributed by atoms with Crippen molar-refractivity contribution < 1.29 is 24.0 Å².